The van der Waals surface area contributed by atoms with Crippen molar-refractivity contribution in [2.75, 3.05) is 38.5 Å². The molecule has 0 unspecified atom stereocenters. The average molecular weight is 262 g/mol. The highest BCUT2D eigenvalue weighted by Crippen LogP contribution is 2.14. The second-order valence-corrected chi connectivity index (χ2v) is 5.04. The Morgan fingerprint density at radius 1 is 1.37 bits per heavy atom. The number of aryl methyl sites for hydroxylation is 1. The van der Waals surface area contributed by atoms with Crippen LogP contribution >= 0.6 is 0 Å². The Hall–Kier alpha value is -1.62. The second kappa shape index (κ2) is 6.02. The van der Waals surface area contributed by atoms with Gasteiger partial charge in [0.05, 0.1) is 23.1 Å². The first kappa shape index (κ1) is 13.8. The van der Waals surface area contributed by atoms with E-state index in [1.165, 1.54) is 0 Å². The minimum atomic E-state index is 0.0495. The molecular weight excluding hydrogens is 240 g/mol. The number of carbonyl (C=O) groups excluding carboxylic acids is 1. The van der Waals surface area contributed by atoms with Crippen LogP contribution in [0.3, 0.4) is 0 Å². The molecule has 0 aromatic carbocycles. The zero-order chi connectivity index (χ0) is 13.8. The maximum absolute atomic E-state index is 12.4. The van der Waals surface area contributed by atoms with E-state index in [4.69, 9.17) is 5.73 Å². The largest absolute Gasteiger partial charge is 0.397 e. The number of hydrogen-bond acceptors (Lipinski definition) is 4. The summed E-state index contributed by atoms with van der Waals surface area (Å²) in [7, 11) is 0. The van der Waals surface area contributed by atoms with Crippen LogP contribution in [-0.2, 0) is 0 Å². The van der Waals surface area contributed by atoms with E-state index in [2.05, 4.69) is 16.8 Å². The molecule has 0 bridgehead atoms. The molecule has 1 aliphatic heterocycles. The fourth-order valence-electron chi connectivity index (χ4n) is 2.43. The van der Waals surface area contributed by atoms with Crippen molar-refractivity contribution in [3.8, 4) is 0 Å². The molecule has 1 aromatic heterocycles. The van der Waals surface area contributed by atoms with Gasteiger partial charge in [0, 0.05) is 26.2 Å². The molecule has 1 aromatic rings. The SMILES string of the molecule is CCCN1CCN(C(=O)c2cc(N)cnc2C)CC1. The number of aromatic nitrogens is 1. The smallest absolute Gasteiger partial charge is 0.255 e. The van der Waals surface area contributed by atoms with Gasteiger partial charge in [0.15, 0.2) is 0 Å². The molecule has 2 N–H and O–H groups in total. The van der Waals surface area contributed by atoms with E-state index < -0.39 is 0 Å². The van der Waals surface area contributed by atoms with Crippen LogP contribution in [-0.4, -0.2) is 53.4 Å². The minimum Gasteiger partial charge on any atom is -0.397 e. The first-order valence-electron chi connectivity index (χ1n) is 6.85. The highest BCUT2D eigenvalue weighted by atomic mass is 16.2. The topological polar surface area (TPSA) is 62.5 Å². The van der Waals surface area contributed by atoms with Gasteiger partial charge >= 0.3 is 0 Å². The number of hydrogen-bond donors (Lipinski definition) is 1. The first-order chi connectivity index (χ1) is 9.11. The summed E-state index contributed by atoms with van der Waals surface area (Å²) in [5.74, 6) is 0.0495. The van der Waals surface area contributed by atoms with Crippen LogP contribution in [0.4, 0.5) is 5.69 Å². The Kier molecular flexibility index (Phi) is 4.37. The van der Waals surface area contributed by atoms with E-state index in [1.54, 1.807) is 12.3 Å². The van der Waals surface area contributed by atoms with E-state index >= 15 is 0 Å². The maximum Gasteiger partial charge on any atom is 0.255 e. The van der Waals surface area contributed by atoms with Gasteiger partial charge in [0.2, 0.25) is 0 Å². The molecule has 0 atom stereocenters. The lowest BCUT2D eigenvalue weighted by molar-refractivity contribution is 0.0636. The van der Waals surface area contributed by atoms with Gasteiger partial charge in [-0.3, -0.25) is 14.7 Å². The van der Waals surface area contributed by atoms with Crippen molar-refractivity contribution in [2.45, 2.75) is 20.3 Å². The Morgan fingerprint density at radius 3 is 2.68 bits per heavy atom. The first-order valence-corrected chi connectivity index (χ1v) is 6.85. The van der Waals surface area contributed by atoms with Gasteiger partial charge in [-0.2, -0.15) is 0 Å². The third kappa shape index (κ3) is 3.23. The molecule has 1 aliphatic rings. The van der Waals surface area contributed by atoms with Crippen LogP contribution < -0.4 is 5.73 Å². The third-order valence-corrected chi connectivity index (χ3v) is 3.54. The highest BCUT2D eigenvalue weighted by Gasteiger charge is 2.23. The van der Waals surface area contributed by atoms with Gasteiger partial charge in [0.1, 0.15) is 0 Å². The normalized spacial score (nSPS) is 16.6. The fraction of sp³-hybridized carbons (Fsp3) is 0.571. The third-order valence-electron chi connectivity index (χ3n) is 3.54. The Balaban J connectivity index is 2.03. The molecular formula is C14H22N4O. The van der Waals surface area contributed by atoms with Crippen molar-refractivity contribution < 1.29 is 4.79 Å². The average Bonchev–Trinajstić information content (AvgIpc) is 2.42. The van der Waals surface area contributed by atoms with Crippen molar-refractivity contribution in [1.82, 2.24) is 14.8 Å². The molecule has 1 saturated heterocycles. The summed E-state index contributed by atoms with van der Waals surface area (Å²) in [5.41, 5.74) is 7.63. The van der Waals surface area contributed by atoms with Crippen LogP contribution in [0.25, 0.3) is 0 Å². The summed E-state index contributed by atoms with van der Waals surface area (Å²) in [5, 5.41) is 0. The molecule has 5 heteroatoms. The molecule has 1 amide bonds. The number of pyridine rings is 1. The summed E-state index contributed by atoms with van der Waals surface area (Å²) in [6.45, 7) is 8.61. The van der Waals surface area contributed by atoms with Crippen molar-refractivity contribution in [2.24, 2.45) is 0 Å². The van der Waals surface area contributed by atoms with Crippen molar-refractivity contribution in [3.05, 3.63) is 23.5 Å². The molecule has 104 valence electrons. The second-order valence-electron chi connectivity index (χ2n) is 5.04. The van der Waals surface area contributed by atoms with Crippen LogP contribution in [0.5, 0.6) is 0 Å². The summed E-state index contributed by atoms with van der Waals surface area (Å²) in [4.78, 5) is 20.9. The molecule has 1 fully saturated rings. The highest BCUT2D eigenvalue weighted by molar-refractivity contribution is 5.96. The van der Waals surface area contributed by atoms with Crippen LogP contribution in [0.2, 0.25) is 0 Å². The molecule has 0 saturated carbocycles. The van der Waals surface area contributed by atoms with Gasteiger partial charge < -0.3 is 10.6 Å². The summed E-state index contributed by atoms with van der Waals surface area (Å²) >= 11 is 0. The molecule has 0 spiro atoms. The lowest BCUT2D eigenvalue weighted by Crippen LogP contribution is -2.48. The number of piperazine rings is 1. The molecule has 5 nitrogen and oxygen atoms in total. The van der Waals surface area contributed by atoms with Gasteiger partial charge in [0.25, 0.3) is 5.91 Å². The van der Waals surface area contributed by atoms with E-state index in [-0.39, 0.29) is 5.91 Å². The standard InChI is InChI=1S/C14H22N4O/c1-3-4-17-5-7-18(8-6-17)14(19)13-9-12(15)10-16-11(13)2/h9-10H,3-8,15H2,1-2H3. The van der Waals surface area contributed by atoms with Gasteiger partial charge in [-0.15, -0.1) is 0 Å². The molecule has 2 heterocycles. The Morgan fingerprint density at radius 2 is 2.05 bits per heavy atom. The summed E-state index contributed by atoms with van der Waals surface area (Å²) < 4.78 is 0. The van der Waals surface area contributed by atoms with Gasteiger partial charge in [-0.1, -0.05) is 6.92 Å². The number of rotatable bonds is 3. The zero-order valence-corrected chi connectivity index (χ0v) is 11.7. The number of nitrogen functional groups attached to an aromatic ring is 1. The van der Waals surface area contributed by atoms with E-state index in [1.807, 2.05) is 11.8 Å². The van der Waals surface area contributed by atoms with Gasteiger partial charge in [-0.05, 0) is 26.0 Å². The maximum atomic E-state index is 12.4. The summed E-state index contributed by atoms with van der Waals surface area (Å²) in [6.07, 6.45) is 2.75. The predicted octanol–water partition coefficient (Wildman–Crippen LogP) is 1.14. The van der Waals surface area contributed by atoms with Crippen molar-refractivity contribution >= 4 is 11.6 Å². The van der Waals surface area contributed by atoms with Crippen molar-refractivity contribution in [1.29, 1.82) is 0 Å². The molecule has 19 heavy (non-hydrogen) atoms. The van der Waals surface area contributed by atoms with E-state index in [0.717, 1.165) is 44.8 Å². The van der Waals surface area contributed by atoms with Gasteiger partial charge in [-0.25, -0.2) is 0 Å². The zero-order valence-electron chi connectivity index (χ0n) is 11.7. The number of anilines is 1. The van der Waals surface area contributed by atoms with E-state index in [0.29, 0.717) is 11.3 Å². The molecule has 0 aliphatic carbocycles. The monoisotopic (exact) mass is 262 g/mol. The lowest BCUT2D eigenvalue weighted by atomic mass is 10.1. The number of nitrogens with zero attached hydrogens (tertiary/aromatic N) is 3. The van der Waals surface area contributed by atoms with E-state index in [9.17, 15) is 4.79 Å². The Bertz CT molecular complexity index is 453. The minimum absolute atomic E-state index is 0.0495. The quantitative estimate of drug-likeness (QED) is 0.887. The number of carbonyl (C=O) groups is 1. The summed E-state index contributed by atoms with van der Waals surface area (Å²) in [6, 6.07) is 1.73. The number of amides is 1. The number of nitrogens with two attached hydrogens (primary N) is 1. The molecule has 0 radical (unpaired) electrons. The van der Waals surface area contributed by atoms with Crippen LogP contribution in [0.15, 0.2) is 12.3 Å². The Labute approximate surface area is 114 Å². The van der Waals surface area contributed by atoms with Crippen LogP contribution in [0.1, 0.15) is 29.4 Å². The predicted molar refractivity (Wildman–Crippen MR) is 76.0 cm³/mol. The fourth-order valence-corrected chi connectivity index (χ4v) is 2.43. The molecule has 2 rings (SSSR count). The lowest BCUT2D eigenvalue weighted by Gasteiger charge is -2.34. The van der Waals surface area contributed by atoms with Crippen LogP contribution in [0, 0.1) is 6.92 Å². The van der Waals surface area contributed by atoms with Crippen molar-refractivity contribution in [3.63, 3.8) is 0 Å².